The maximum absolute atomic E-state index is 15.2. The minimum atomic E-state index is -1.68. The zero-order chi connectivity index (χ0) is 31.3. The second-order valence-electron chi connectivity index (χ2n) is 12.4. The van der Waals surface area contributed by atoms with E-state index in [1.54, 1.807) is 45.9 Å². The molecule has 3 aromatic rings. The van der Waals surface area contributed by atoms with E-state index in [1.165, 1.54) is 5.56 Å². The maximum atomic E-state index is 15.2. The monoisotopic (exact) mass is 582 g/mol. The summed E-state index contributed by atoms with van der Waals surface area (Å²) in [6.07, 6.45) is 2.88. The Morgan fingerprint density at radius 2 is 1.07 bits per heavy atom. The van der Waals surface area contributed by atoms with Crippen molar-refractivity contribution in [3.8, 4) is 28.7 Å². The van der Waals surface area contributed by atoms with E-state index in [9.17, 15) is 0 Å². The lowest BCUT2D eigenvalue weighted by molar-refractivity contribution is 0.173. The molecule has 3 aromatic carbocycles. The number of halogens is 4. The van der Waals surface area contributed by atoms with Crippen LogP contribution in [0.15, 0.2) is 47.6 Å². The molecule has 1 aliphatic carbocycles. The number of hydrogen-bond donors (Lipinski definition) is 0. The molecule has 4 rings (SSSR count). The molecular formula is C35H38F4O3. The first kappa shape index (κ1) is 31.2. The number of allylic oxidation sites excluding steroid dienone is 2. The molecule has 0 radical (unpaired) electrons. The highest BCUT2D eigenvalue weighted by atomic mass is 19.2. The van der Waals surface area contributed by atoms with Crippen molar-refractivity contribution in [2.75, 3.05) is 0 Å². The molecule has 224 valence electrons. The number of rotatable bonds is 6. The first-order valence-corrected chi connectivity index (χ1v) is 14.0. The van der Waals surface area contributed by atoms with Gasteiger partial charge in [0.15, 0.2) is 5.75 Å². The highest BCUT2D eigenvalue weighted by molar-refractivity contribution is 5.52. The van der Waals surface area contributed by atoms with Gasteiger partial charge in [0.1, 0.15) is 23.4 Å². The Morgan fingerprint density at radius 1 is 0.619 bits per heavy atom. The predicted octanol–water partition coefficient (Wildman–Crippen LogP) is 10.6. The van der Waals surface area contributed by atoms with E-state index in [4.69, 9.17) is 14.2 Å². The van der Waals surface area contributed by atoms with Crippen molar-refractivity contribution in [2.45, 2.75) is 80.8 Å². The van der Waals surface area contributed by atoms with Gasteiger partial charge < -0.3 is 14.2 Å². The zero-order valence-corrected chi connectivity index (χ0v) is 25.9. The summed E-state index contributed by atoms with van der Waals surface area (Å²) >= 11 is 0. The summed E-state index contributed by atoms with van der Waals surface area (Å²) in [6.45, 7) is 19.1. The standard InChI is InChI=1S/C35H38F4O3/c1-17-11-18(2)31(19(3)12-17)41-33-26(36)28(38)34(29(39)27(33)37)42-32-22(6)15-25(16-23(32)7)40-30-20(4)13-24(14-21(30)5)35(8,9)10/h11-16,18,31H,1-10H3. The van der Waals surface area contributed by atoms with Crippen molar-refractivity contribution in [2.24, 2.45) is 5.92 Å². The maximum Gasteiger partial charge on any atom is 0.208 e. The lowest BCUT2D eigenvalue weighted by Crippen LogP contribution is -2.28. The topological polar surface area (TPSA) is 27.7 Å². The number of aryl methyl sites for hydroxylation is 4. The second-order valence-corrected chi connectivity index (χ2v) is 12.4. The molecule has 7 heteroatoms. The van der Waals surface area contributed by atoms with Crippen molar-refractivity contribution in [1.29, 1.82) is 0 Å². The smallest absolute Gasteiger partial charge is 0.208 e. The largest absolute Gasteiger partial charge is 0.479 e. The Morgan fingerprint density at radius 3 is 1.55 bits per heavy atom. The lowest BCUT2D eigenvalue weighted by Gasteiger charge is -2.28. The van der Waals surface area contributed by atoms with Crippen molar-refractivity contribution < 1.29 is 31.8 Å². The zero-order valence-electron chi connectivity index (χ0n) is 25.9. The van der Waals surface area contributed by atoms with Gasteiger partial charge in [0, 0.05) is 5.92 Å². The molecule has 0 aromatic heterocycles. The molecule has 0 bridgehead atoms. The minimum absolute atomic E-state index is 0.0191. The summed E-state index contributed by atoms with van der Waals surface area (Å²) in [6, 6.07) is 7.47. The quantitative estimate of drug-likeness (QED) is 0.214. The molecule has 0 spiro atoms. The Hall–Kier alpha value is -3.74. The summed E-state index contributed by atoms with van der Waals surface area (Å²) in [4.78, 5) is 0. The predicted molar refractivity (Wildman–Crippen MR) is 158 cm³/mol. The molecule has 0 N–H and O–H groups in total. The third kappa shape index (κ3) is 6.06. The van der Waals surface area contributed by atoms with Gasteiger partial charge >= 0.3 is 0 Å². The summed E-state index contributed by atoms with van der Waals surface area (Å²) < 4.78 is 77.9. The van der Waals surface area contributed by atoms with Gasteiger partial charge in [0.25, 0.3) is 0 Å². The lowest BCUT2D eigenvalue weighted by atomic mass is 9.85. The molecule has 2 atom stereocenters. The van der Waals surface area contributed by atoms with Crippen LogP contribution in [0.4, 0.5) is 17.6 Å². The molecule has 0 saturated carbocycles. The summed E-state index contributed by atoms with van der Waals surface area (Å²) in [7, 11) is 0. The van der Waals surface area contributed by atoms with Crippen LogP contribution in [0.2, 0.25) is 0 Å². The van der Waals surface area contributed by atoms with Gasteiger partial charge in [0.2, 0.25) is 29.0 Å². The first-order chi connectivity index (χ1) is 19.5. The van der Waals surface area contributed by atoms with E-state index < -0.39 is 40.9 Å². The summed E-state index contributed by atoms with van der Waals surface area (Å²) in [5.74, 6) is -7.97. The van der Waals surface area contributed by atoms with Crippen LogP contribution in [0.25, 0.3) is 0 Å². The average molecular weight is 583 g/mol. The Balaban J connectivity index is 1.64. The number of benzene rings is 3. The van der Waals surface area contributed by atoms with E-state index in [0.717, 1.165) is 16.7 Å². The molecular weight excluding hydrogens is 544 g/mol. The fourth-order valence-electron chi connectivity index (χ4n) is 5.41. The van der Waals surface area contributed by atoms with E-state index in [2.05, 4.69) is 32.9 Å². The third-order valence-electron chi connectivity index (χ3n) is 7.52. The van der Waals surface area contributed by atoms with Gasteiger partial charge in [0.05, 0.1) is 0 Å². The Bertz CT molecular complexity index is 1540. The molecule has 3 nitrogen and oxygen atoms in total. The van der Waals surface area contributed by atoms with Crippen molar-refractivity contribution in [3.63, 3.8) is 0 Å². The van der Waals surface area contributed by atoms with Gasteiger partial charge in [-0.1, -0.05) is 57.6 Å². The minimum Gasteiger partial charge on any atom is -0.479 e. The van der Waals surface area contributed by atoms with Gasteiger partial charge in [-0.25, -0.2) is 0 Å². The SMILES string of the molecule is CC1=CC(C)C(Oc2c(F)c(F)c(Oc3c(C)cc(Oc4c(C)cc(C(C)(C)C)cc4C)cc3C)c(F)c2F)C(C)=C1. The molecule has 1 aliphatic rings. The molecule has 0 fully saturated rings. The van der Waals surface area contributed by atoms with E-state index in [-0.39, 0.29) is 17.1 Å². The molecule has 0 saturated heterocycles. The van der Waals surface area contributed by atoms with Crippen molar-refractivity contribution in [3.05, 3.63) is 98.6 Å². The van der Waals surface area contributed by atoms with Crippen LogP contribution in [0.5, 0.6) is 28.7 Å². The van der Waals surface area contributed by atoms with Crippen molar-refractivity contribution >= 4 is 0 Å². The van der Waals surface area contributed by atoms with E-state index >= 15 is 17.6 Å². The average Bonchev–Trinajstić information content (AvgIpc) is 2.87. The van der Waals surface area contributed by atoms with Crippen LogP contribution >= 0.6 is 0 Å². The normalized spacial score (nSPS) is 17.1. The van der Waals surface area contributed by atoms with Gasteiger partial charge in [-0.3, -0.25) is 0 Å². The number of hydrogen-bond acceptors (Lipinski definition) is 3. The van der Waals surface area contributed by atoms with Crippen LogP contribution in [0.1, 0.15) is 69.4 Å². The first-order valence-electron chi connectivity index (χ1n) is 14.0. The highest BCUT2D eigenvalue weighted by Gasteiger charge is 2.33. The summed E-state index contributed by atoms with van der Waals surface area (Å²) in [5.41, 5.74) is 5.68. The van der Waals surface area contributed by atoms with Crippen LogP contribution in [-0.2, 0) is 5.41 Å². The van der Waals surface area contributed by atoms with Gasteiger partial charge in [-0.15, -0.1) is 0 Å². The van der Waals surface area contributed by atoms with Crippen LogP contribution < -0.4 is 14.2 Å². The van der Waals surface area contributed by atoms with Crippen molar-refractivity contribution in [1.82, 2.24) is 0 Å². The molecule has 0 heterocycles. The van der Waals surface area contributed by atoms with Gasteiger partial charge in [-0.05, 0) is 92.5 Å². The number of ether oxygens (including phenoxy) is 3. The summed E-state index contributed by atoms with van der Waals surface area (Å²) in [5, 5.41) is 0. The third-order valence-corrected chi connectivity index (χ3v) is 7.52. The van der Waals surface area contributed by atoms with Crippen LogP contribution in [-0.4, -0.2) is 6.10 Å². The fraction of sp³-hybridized carbons (Fsp3) is 0.371. The Kier molecular flexibility index (Phi) is 8.55. The van der Waals surface area contributed by atoms with E-state index in [0.29, 0.717) is 28.2 Å². The van der Waals surface area contributed by atoms with Crippen LogP contribution in [0, 0.1) is 56.9 Å². The van der Waals surface area contributed by atoms with Crippen LogP contribution in [0.3, 0.4) is 0 Å². The molecule has 2 unspecified atom stereocenters. The van der Waals surface area contributed by atoms with Gasteiger partial charge in [-0.2, -0.15) is 17.6 Å². The fourth-order valence-corrected chi connectivity index (χ4v) is 5.41. The van der Waals surface area contributed by atoms with E-state index in [1.807, 2.05) is 26.8 Å². The molecule has 0 aliphatic heterocycles. The molecule has 0 amide bonds. The second kappa shape index (κ2) is 11.5. The highest BCUT2D eigenvalue weighted by Crippen LogP contribution is 2.42. The Labute approximate surface area is 245 Å². The molecule has 42 heavy (non-hydrogen) atoms.